The third kappa shape index (κ3) is 3.19. The molecule has 98 valence electrons. The van der Waals surface area contributed by atoms with Crippen molar-refractivity contribution in [2.24, 2.45) is 5.92 Å². The predicted octanol–water partition coefficient (Wildman–Crippen LogP) is 1.25. The molecule has 1 amide bonds. The van der Waals surface area contributed by atoms with Crippen molar-refractivity contribution in [3.05, 3.63) is 29.6 Å². The van der Waals surface area contributed by atoms with Gasteiger partial charge in [0.1, 0.15) is 11.9 Å². The summed E-state index contributed by atoms with van der Waals surface area (Å²) in [6.45, 7) is 3.34. The second kappa shape index (κ2) is 5.48. The number of benzene rings is 1. The Morgan fingerprint density at radius 2 is 2.00 bits per heavy atom. The average molecular weight is 254 g/mol. The Kier molecular flexibility index (Phi) is 4.25. The Balaban J connectivity index is 2.87. The van der Waals surface area contributed by atoms with E-state index in [1.54, 1.807) is 13.8 Å². The van der Waals surface area contributed by atoms with Gasteiger partial charge in [-0.15, -0.1) is 0 Å². The van der Waals surface area contributed by atoms with E-state index >= 15 is 0 Å². The van der Waals surface area contributed by atoms with Crippen LogP contribution in [-0.4, -0.2) is 23.0 Å². The summed E-state index contributed by atoms with van der Waals surface area (Å²) < 4.78 is 13.2. The molecule has 0 saturated heterocycles. The number of nitrogen functional groups attached to an aromatic ring is 1. The van der Waals surface area contributed by atoms with Crippen LogP contribution in [0.5, 0.6) is 0 Å². The number of nitrogens with two attached hydrogens (primary N) is 1. The first kappa shape index (κ1) is 14.0. The second-order valence-electron chi connectivity index (χ2n) is 4.27. The molecule has 6 heteroatoms. The summed E-state index contributed by atoms with van der Waals surface area (Å²) in [7, 11) is 0. The van der Waals surface area contributed by atoms with Crippen molar-refractivity contribution in [1.82, 2.24) is 5.32 Å². The fourth-order valence-corrected chi connectivity index (χ4v) is 1.41. The number of carbonyl (C=O) groups is 2. The Hall–Kier alpha value is -2.11. The summed E-state index contributed by atoms with van der Waals surface area (Å²) in [6.07, 6.45) is 0. The van der Waals surface area contributed by atoms with Gasteiger partial charge in [-0.2, -0.15) is 0 Å². The van der Waals surface area contributed by atoms with Gasteiger partial charge in [0.15, 0.2) is 0 Å². The number of hydrogen-bond donors (Lipinski definition) is 3. The van der Waals surface area contributed by atoms with Gasteiger partial charge in [0.25, 0.3) is 5.91 Å². The number of carboxylic acids is 1. The molecule has 0 aliphatic carbocycles. The second-order valence-corrected chi connectivity index (χ2v) is 4.27. The maximum Gasteiger partial charge on any atom is 0.326 e. The molecule has 0 unspecified atom stereocenters. The van der Waals surface area contributed by atoms with Crippen molar-refractivity contribution in [2.45, 2.75) is 19.9 Å². The first-order valence-corrected chi connectivity index (χ1v) is 5.41. The monoisotopic (exact) mass is 254 g/mol. The van der Waals surface area contributed by atoms with Gasteiger partial charge in [0.05, 0.1) is 5.69 Å². The largest absolute Gasteiger partial charge is 0.480 e. The van der Waals surface area contributed by atoms with Gasteiger partial charge in [-0.05, 0) is 24.1 Å². The molecule has 0 aliphatic rings. The van der Waals surface area contributed by atoms with Gasteiger partial charge in [0.2, 0.25) is 0 Å². The molecule has 0 bridgehead atoms. The molecule has 0 aromatic heterocycles. The maximum absolute atomic E-state index is 13.2. The highest BCUT2D eigenvalue weighted by Gasteiger charge is 2.24. The van der Waals surface area contributed by atoms with Crippen LogP contribution in [0.3, 0.4) is 0 Å². The highest BCUT2D eigenvalue weighted by Crippen LogP contribution is 2.12. The zero-order valence-corrected chi connectivity index (χ0v) is 10.1. The molecule has 0 spiro atoms. The fourth-order valence-electron chi connectivity index (χ4n) is 1.41. The van der Waals surface area contributed by atoms with E-state index < -0.39 is 23.7 Å². The lowest BCUT2D eigenvalue weighted by Gasteiger charge is -2.17. The van der Waals surface area contributed by atoms with Gasteiger partial charge < -0.3 is 16.2 Å². The van der Waals surface area contributed by atoms with Crippen LogP contribution in [-0.2, 0) is 4.79 Å². The van der Waals surface area contributed by atoms with Gasteiger partial charge in [0, 0.05) is 5.56 Å². The lowest BCUT2D eigenvalue weighted by Crippen LogP contribution is -2.44. The van der Waals surface area contributed by atoms with Crippen LogP contribution >= 0.6 is 0 Å². The molecule has 0 fully saturated rings. The molecule has 1 aromatic carbocycles. The lowest BCUT2D eigenvalue weighted by atomic mass is 10.0. The summed E-state index contributed by atoms with van der Waals surface area (Å²) in [5.41, 5.74) is 5.26. The SMILES string of the molecule is CC(C)[C@@H](NC(=O)c1ccc(N)c(F)c1)C(=O)O. The minimum atomic E-state index is -1.13. The highest BCUT2D eigenvalue weighted by molar-refractivity contribution is 5.96. The van der Waals surface area contributed by atoms with Crippen molar-refractivity contribution in [2.75, 3.05) is 5.73 Å². The van der Waals surface area contributed by atoms with E-state index in [0.29, 0.717) is 0 Å². The summed E-state index contributed by atoms with van der Waals surface area (Å²) in [6, 6.07) is 2.56. The van der Waals surface area contributed by atoms with Crippen LogP contribution in [0.15, 0.2) is 18.2 Å². The third-order valence-electron chi connectivity index (χ3n) is 2.48. The van der Waals surface area contributed by atoms with Gasteiger partial charge in [-0.25, -0.2) is 9.18 Å². The number of aliphatic carboxylic acids is 1. The van der Waals surface area contributed by atoms with Crippen molar-refractivity contribution in [3.63, 3.8) is 0 Å². The molecule has 4 N–H and O–H groups in total. The molecule has 0 saturated carbocycles. The topological polar surface area (TPSA) is 92.4 Å². The minimum absolute atomic E-state index is 0.0357. The van der Waals surface area contributed by atoms with Gasteiger partial charge in [-0.3, -0.25) is 4.79 Å². The molecular formula is C12H15FN2O3. The van der Waals surface area contributed by atoms with E-state index in [9.17, 15) is 14.0 Å². The molecular weight excluding hydrogens is 239 g/mol. The average Bonchev–Trinajstić information content (AvgIpc) is 2.28. The van der Waals surface area contributed by atoms with Crippen molar-refractivity contribution in [1.29, 1.82) is 0 Å². The maximum atomic E-state index is 13.2. The summed E-state index contributed by atoms with van der Waals surface area (Å²) in [4.78, 5) is 22.7. The summed E-state index contributed by atoms with van der Waals surface area (Å²) in [5.74, 6) is -2.76. The number of hydrogen-bond acceptors (Lipinski definition) is 3. The van der Waals surface area contributed by atoms with Gasteiger partial charge >= 0.3 is 5.97 Å². The zero-order valence-electron chi connectivity index (χ0n) is 10.1. The minimum Gasteiger partial charge on any atom is -0.480 e. The number of anilines is 1. The Morgan fingerprint density at radius 3 is 2.44 bits per heavy atom. The lowest BCUT2D eigenvalue weighted by molar-refractivity contribution is -0.140. The smallest absolute Gasteiger partial charge is 0.326 e. The van der Waals surface area contributed by atoms with Crippen LogP contribution in [0.1, 0.15) is 24.2 Å². The van der Waals surface area contributed by atoms with Crippen LogP contribution in [0.4, 0.5) is 10.1 Å². The quantitative estimate of drug-likeness (QED) is 0.705. The number of carboxylic acid groups (broad SMARTS) is 1. The Bertz CT molecular complexity index is 474. The molecule has 1 rings (SSSR count). The molecule has 1 atom stereocenters. The number of nitrogens with one attached hydrogen (secondary N) is 1. The van der Waals surface area contributed by atoms with Crippen LogP contribution < -0.4 is 11.1 Å². The van der Waals surface area contributed by atoms with E-state index in [1.807, 2.05) is 0 Å². The van der Waals surface area contributed by atoms with Crippen molar-refractivity contribution >= 4 is 17.6 Å². The first-order valence-electron chi connectivity index (χ1n) is 5.41. The van der Waals surface area contributed by atoms with Crippen LogP contribution in [0.2, 0.25) is 0 Å². The summed E-state index contributed by atoms with van der Waals surface area (Å²) in [5, 5.41) is 11.3. The fraction of sp³-hybridized carbons (Fsp3) is 0.333. The van der Waals surface area contributed by atoms with Crippen LogP contribution in [0, 0.1) is 11.7 Å². The molecule has 0 radical (unpaired) electrons. The van der Waals surface area contributed by atoms with Crippen molar-refractivity contribution < 1.29 is 19.1 Å². The predicted molar refractivity (Wildman–Crippen MR) is 64.5 cm³/mol. The third-order valence-corrected chi connectivity index (χ3v) is 2.48. The molecule has 18 heavy (non-hydrogen) atoms. The molecule has 1 aromatic rings. The molecule has 0 aliphatic heterocycles. The van der Waals surface area contributed by atoms with Crippen molar-refractivity contribution in [3.8, 4) is 0 Å². The van der Waals surface area contributed by atoms with E-state index in [2.05, 4.69) is 5.32 Å². The number of halogens is 1. The van der Waals surface area contributed by atoms with E-state index in [4.69, 9.17) is 10.8 Å². The van der Waals surface area contributed by atoms with E-state index in [0.717, 1.165) is 6.07 Å². The number of amides is 1. The molecule has 5 nitrogen and oxygen atoms in total. The van der Waals surface area contributed by atoms with Gasteiger partial charge in [-0.1, -0.05) is 13.8 Å². The highest BCUT2D eigenvalue weighted by atomic mass is 19.1. The standard InChI is InChI=1S/C12H15FN2O3/c1-6(2)10(12(17)18)15-11(16)7-3-4-9(14)8(13)5-7/h3-6,10H,14H2,1-2H3,(H,15,16)(H,17,18)/t10-/m1/s1. The normalized spacial score (nSPS) is 12.2. The molecule has 0 heterocycles. The zero-order chi connectivity index (χ0) is 13.9. The first-order chi connectivity index (χ1) is 8.32. The van der Waals surface area contributed by atoms with Crippen LogP contribution in [0.25, 0.3) is 0 Å². The van der Waals surface area contributed by atoms with E-state index in [1.165, 1.54) is 12.1 Å². The number of carbonyl (C=O) groups excluding carboxylic acids is 1. The summed E-state index contributed by atoms with van der Waals surface area (Å²) >= 11 is 0. The Morgan fingerprint density at radius 1 is 1.39 bits per heavy atom. The van der Waals surface area contributed by atoms with E-state index in [-0.39, 0.29) is 17.2 Å². The Labute approximate surface area is 104 Å². The number of rotatable bonds is 4.